The summed E-state index contributed by atoms with van der Waals surface area (Å²) in [6.45, 7) is 0. The van der Waals surface area contributed by atoms with Crippen molar-refractivity contribution < 1.29 is 9.18 Å². The molecule has 1 heterocycles. The molecule has 1 aromatic carbocycles. The van der Waals surface area contributed by atoms with Gasteiger partial charge in [0.25, 0.3) is 0 Å². The minimum atomic E-state index is -0.484. The number of hydrogen-bond acceptors (Lipinski definition) is 2. The molecule has 0 bridgehead atoms. The van der Waals surface area contributed by atoms with Gasteiger partial charge in [-0.15, -0.1) is 0 Å². The van der Waals surface area contributed by atoms with Crippen LogP contribution >= 0.6 is 23.2 Å². The van der Waals surface area contributed by atoms with Crippen molar-refractivity contribution in [2.75, 3.05) is 0 Å². The van der Waals surface area contributed by atoms with E-state index in [4.69, 9.17) is 23.2 Å². The zero-order chi connectivity index (χ0) is 13.1. The van der Waals surface area contributed by atoms with Gasteiger partial charge in [0.05, 0.1) is 6.20 Å². The molecule has 92 valence electrons. The Bertz CT molecular complexity index is 564. The molecule has 5 heteroatoms. The minimum Gasteiger partial charge on any atom is -0.292 e. The van der Waals surface area contributed by atoms with Crippen LogP contribution in [0.15, 0.2) is 36.5 Å². The second-order valence-electron chi connectivity index (χ2n) is 3.66. The molecule has 0 aliphatic carbocycles. The average Bonchev–Trinajstić information content (AvgIpc) is 2.34. The lowest BCUT2D eigenvalue weighted by atomic mass is 10.1. The molecular weight excluding hydrogens is 276 g/mol. The monoisotopic (exact) mass is 283 g/mol. The van der Waals surface area contributed by atoms with E-state index in [2.05, 4.69) is 4.98 Å². The van der Waals surface area contributed by atoms with Crippen LogP contribution in [-0.2, 0) is 6.42 Å². The molecule has 0 unspecified atom stereocenters. The normalized spacial score (nSPS) is 10.4. The molecule has 0 saturated heterocycles. The number of rotatable bonds is 3. The summed E-state index contributed by atoms with van der Waals surface area (Å²) in [4.78, 5) is 15.7. The van der Waals surface area contributed by atoms with Crippen molar-refractivity contribution in [1.29, 1.82) is 0 Å². The SMILES string of the molecule is O=C(Cc1c(Cl)cccc1Cl)c1ccc(F)cn1. The van der Waals surface area contributed by atoms with Crippen molar-refractivity contribution >= 4 is 29.0 Å². The predicted molar refractivity (Wildman–Crippen MR) is 68.7 cm³/mol. The first-order valence-corrected chi connectivity index (χ1v) is 5.91. The summed E-state index contributed by atoms with van der Waals surface area (Å²) in [5, 5.41) is 0.857. The molecule has 0 radical (unpaired) electrons. The number of Topliss-reactive ketones (excluding diaryl/α,β-unsaturated/α-hetero) is 1. The predicted octanol–water partition coefficient (Wildman–Crippen LogP) is 3.95. The van der Waals surface area contributed by atoms with Crippen LogP contribution < -0.4 is 0 Å². The third kappa shape index (κ3) is 2.86. The van der Waals surface area contributed by atoms with Gasteiger partial charge in [0.1, 0.15) is 11.5 Å². The fraction of sp³-hybridized carbons (Fsp3) is 0.0769. The van der Waals surface area contributed by atoms with Gasteiger partial charge in [-0.1, -0.05) is 29.3 Å². The molecule has 2 nitrogen and oxygen atoms in total. The molecule has 0 spiro atoms. The third-order valence-electron chi connectivity index (χ3n) is 2.41. The number of carbonyl (C=O) groups is 1. The molecule has 0 fully saturated rings. The summed E-state index contributed by atoms with van der Waals surface area (Å²) in [5.74, 6) is -0.743. The van der Waals surface area contributed by atoms with Gasteiger partial charge in [-0.3, -0.25) is 9.78 Å². The van der Waals surface area contributed by atoms with Gasteiger partial charge < -0.3 is 0 Å². The first kappa shape index (κ1) is 13.0. The first-order valence-electron chi connectivity index (χ1n) is 5.15. The Hall–Kier alpha value is -1.45. The van der Waals surface area contributed by atoms with Crippen LogP contribution in [0.25, 0.3) is 0 Å². The summed E-state index contributed by atoms with van der Waals surface area (Å²) in [6, 6.07) is 7.55. The van der Waals surface area contributed by atoms with Crippen LogP contribution in [0.5, 0.6) is 0 Å². The van der Waals surface area contributed by atoms with Crippen molar-refractivity contribution in [3.05, 3.63) is 63.6 Å². The molecule has 18 heavy (non-hydrogen) atoms. The highest BCUT2D eigenvalue weighted by Gasteiger charge is 2.13. The Labute approximate surface area is 113 Å². The molecule has 2 rings (SSSR count). The Morgan fingerprint density at radius 1 is 1.17 bits per heavy atom. The van der Waals surface area contributed by atoms with E-state index in [1.54, 1.807) is 18.2 Å². The molecule has 0 N–H and O–H groups in total. The Morgan fingerprint density at radius 2 is 1.83 bits per heavy atom. The lowest BCUT2D eigenvalue weighted by molar-refractivity contribution is 0.0988. The highest BCUT2D eigenvalue weighted by Crippen LogP contribution is 2.25. The molecule has 0 atom stereocenters. The van der Waals surface area contributed by atoms with E-state index in [1.807, 2.05) is 0 Å². The number of pyridine rings is 1. The quantitative estimate of drug-likeness (QED) is 0.799. The maximum Gasteiger partial charge on any atom is 0.185 e. The smallest absolute Gasteiger partial charge is 0.185 e. The fourth-order valence-electron chi connectivity index (χ4n) is 1.49. The number of nitrogens with zero attached hydrogens (tertiary/aromatic N) is 1. The van der Waals surface area contributed by atoms with Crippen LogP contribution in [0, 0.1) is 5.82 Å². The van der Waals surface area contributed by atoms with Gasteiger partial charge in [0.2, 0.25) is 0 Å². The van der Waals surface area contributed by atoms with Gasteiger partial charge in [0, 0.05) is 16.5 Å². The van der Waals surface area contributed by atoms with Gasteiger partial charge in [0.15, 0.2) is 5.78 Å². The van der Waals surface area contributed by atoms with Crippen LogP contribution in [0.3, 0.4) is 0 Å². The van der Waals surface area contributed by atoms with Crippen molar-refractivity contribution in [3.8, 4) is 0 Å². The third-order valence-corrected chi connectivity index (χ3v) is 3.12. The maximum absolute atomic E-state index is 12.7. The molecule has 1 aromatic heterocycles. The summed E-state index contributed by atoms with van der Waals surface area (Å²) >= 11 is 11.9. The zero-order valence-electron chi connectivity index (χ0n) is 9.16. The number of carbonyl (C=O) groups excluding carboxylic acids is 1. The van der Waals surface area contributed by atoms with E-state index >= 15 is 0 Å². The standard InChI is InChI=1S/C13H8Cl2FNO/c14-10-2-1-3-11(15)9(10)6-13(18)12-5-4-8(16)7-17-12/h1-5,7H,6H2. The van der Waals surface area contributed by atoms with Crippen molar-refractivity contribution in [3.63, 3.8) is 0 Å². The van der Waals surface area contributed by atoms with Gasteiger partial charge in [-0.05, 0) is 29.8 Å². The van der Waals surface area contributed by atoms with E-state index in [1.165, 1.54) is 12.1 Å². The van der Waals surface area contributed by atoms with Crippen molar-refractivity contribution in [2.45, 2.75) is 6.42 Å². The lowest BCUT2D eigenvalue weighted by Gasteiger charge is -2.05. The number of aromatic nitrogens is 1. The largest absolute Gasteiger partial charge is 0.292 e. The summed E-state index contributed by atoms with van der Waals surface area (Å²) in [5.41, 5.74) is 0.740. The van der Waals surface area contributed by atoms with E-state index in [0.717, 1.165) is 6.20 Å². The highest BCUT2D eigenvalue weighted by molar-refractivity contribution is 6.36. The fourth-order valence-corrected chi connectivity index (χ4v) is 2.02. The van der Waals surface area contributed by atoms with Crippen LogP contribution in [0.4, 0.5) is 4.39 Å². The van der Waals surface area contributed by atoms with Gasteiger partial charge in [-0.2, -0.15) is 0 Å². The van der Waals surface area contributed by atoms with Crippen molar-refractivity contribution in [1.82, 2.24) is 4.98 Å². The van der Waals surface area contributed by atoms with Gasteiger partial charge in [-0.25, -0.2) is 4.39 Å². The number of hydrogen-bond donors (Lipinski definition) is 0. The zero-order valence-corrected chi connectivity index (χ0v) is 10.7. The van der Waals surface area contributed by atoms with Gasteiger partial charge >= 0.3 is 0 Å². The number of ketones is 1. The van der Waals surface area contributed by atoms with E-state index in [9.17, 15) is 9.18 Å². The van der Waals surface area contributed by atoms with Crippen LogP contribution in [0.1, 0.15) is 16.1 Å². The Kier molecular flexibility index (Phi) is 3.94. The summed E-state index contributed by atoms with van der Waals surface area (Å²) in [7, 11) is 0. The number of benzene rings is 1. The van der Waals surface area contributed by atoms with Crippen LogP contribution in [0.2, 0.25) is 10.0 Å². The summed E-state index contributed by atoms with van der Waals surface area (Å²) < 4.78 is 12.7. The van der Waals surface area contributed by atoms with E-state index in [0.29, 0.717) is 15.6 Å². The maximum atomic E-state index is 12.7. The molecule has 2 aromatic rings. The Morgan fingerprint density at radius 3 is 2.39 bits per heavy atom. The minimum absolute atomic E-state index is 0.0388. The Balaban J connectivity index is 2.24. The average molecular weight is 284 g/mol. The summed E-state index contributed by atoms with van der Waals surface area (Å²) in [6.07, 6.45) is 1.04. The first-order chi connectivity index (χ1) is 8.58. The topological polar surface area (TPSA) is 30.0 Å². The number of halogens is 3. The molecule has 0 saturated carbocycles. The van der Waals surface area contributed by atoms with Crippen LogP contribution in [-0.4, -0.2) is 10.8 Å². The molecule has 0 aliphatic heterocycles. The highest BCUT2D eigenvalue weighted by atomic mass is 35.5. The molecule has 0 amide bonds. The molecule has 0 aliphatic rings. The molecular formula is C13H8Cl2FNO. The second kappa shape index (κ2) is 5.46. The lowest BCUT2D eigenvalue weighted by Crippen LogP contribution is -2.06. The second-order valence-corrected chi connectivity index (χ2v) is 4.48. The van der Waals surface area contributed by atoms with E-state index in [-0.39, 0.29) is 17.9 Å². The van der Waals surface area contributed by atoms with E-state index < -0.39 is 5.82 Å². The van der Waals surface area contributed by atoms with Crippen molar-refractivity contribution in [2.24, 2.45) is 0 Å².